The summed E-state index contributed by atoms with van der Waals surface area (Å²) in [6.07, 6.45) is 0.861. The minimum absolute atomic E-state index is 0.408. The second-order valence-electron chi connectivity index (χ2n) is 4.51. The predicted octanol–water partition coefficient (Wildman–Crippen LogP) is 0.262. The van der Waals surface area contributed by atoms with Gasteiger partial charge in [-0.05, 0) is 19.3 Å². The molecule has 0 aromatic heterocycles. The molecule has 1 fully saturated rings. The molecule has 1 aliphatic rings. The maximum absolute atomic E-state index is 11.8. The van der Waals surface area contributed by atoms with Crippen molar-refractivity contribution in [2.75, 3.05) is 13.1 Å². The van der Waals surface area contributed by atoms with E-state index in [2.05, 4.69) is 12.2 Å². The summed E-state index contributed by atoms with van der Waals surface area (Å²) >= 11 is 0. The lowest BCUT2D eigenvalue weighted by molar-refractivity contribution is -0.141. The van der Waals surface area contributed by atoms with Crippen molar-refractivity contribution in [3.8, 4) is 0 Å². The predicted molar refractivity (Wildman–Crippen MR) is 61.6 cm³/mol. The van der Waals surface area contributed by atoms with Gasteiger partial charge in [0.15, 0.2) is 6.04 Å². The first kappa shape index (κ1) is 13.8. The number of rotatable bonds is 4. The van der Waals surface area contributed by atoms with E-state index in [-0.39, 0.29) is 0 Å². The molecule has 0 bridgehead atoms. The average Bonchev–Trinajstić information content (AvgIpc) is 2.73. The van der Waals surface area contributed by atoms with Crippen molar-refractivity contribution in [2.45, 2.75) is 38.8 Å². The van der Waals surface area contributed by atoms with E-state index in [1.54, 1.807) is 4.90 Å². The van der Waals surface area contributed by atoms with Crippen LogP contribution in [0.4, 0.5) is 4.79 Å². The molecule has 3 N–H and O–H groups in total. The van der Waals surface area contributed by atoms with Crippen LogP contribution in [0.3, 0.4) is 0 Å². The average molecular weight is 244 g/mol. The monoisotopic (exact) mass is 244 g/mol. The van der Waals surface area contributed by atoms with E-state index in [1.165, 1.54) is 6.92 Å². The Morgan fingerprint density at radius 3 is 2.59 bits per heavy atom. The largest absolute Gasteiger partial charge is 0.480 e. The van der Waals surface area contributed by atoms with Gasteiger partial charge in [-0.1, -0.05) is 13.3 Å². The van der Waals surface area contributed by atoms with Crippen LogP contribution in [0.2, 0.25) is 0 Å². The number of carbonyl (C=O) groups excluding carboxylic acids is 1. The number of amides is 2. The first-order valence-electron chi connectivity index (χ1n) is 5.92. The molecule has 1 saturated heterocycles. The topological polar surface area (TPSA) is 89.9 Å². The SMILES string of the molecule is CCC1CCN(C(=O)N[C@H](C(=O)O)[C@@H](C)O)C1. The Labute approximate surface area is 101 Å². The van der Waals surface area contributed by atoms with Gasteiger partial charge in [0.25, 0.3) is 0 Å². The molecule has 6 nitrogen and oxygen atoms in total. The Hall–Kier alpha value is -1.30. The zero-order valence-corrected chi connectivity index (χ0v) is 10.2. The Morgan fingerprint density at radius 2 is 2.18 bits per heavy atom. The molecule has 98 valence electrons. The molecule has 1 aliphatic heterocycles. The molecule has 0 aromatic rings. The second kappa shape index (κ2) is 5.86. The summed E-state index contributed by atoms with van der Waals surface area (Å²) in [5.41, 5.74) is 0. The molecular weight excluding hydrogens is 224 g/mol. The van der Waals surface area contributed by atoms with Crippen molar-refractivity contribution < 1.29 is 19.8 Å². The first-order chi connectivity index (χ1) is 7.95. The molecule has 1 heterocycles. The van der Waals surface area contributed by atoms with Gasteiger partial charge in [-0.25, -0.2) is 9.59 Å². The smallest absolute Gasteiger partial charge is 0.328 e. The Kier molecular flexibility index (Phi) is 4.74. The number of hydrogen-bond donors (Lipinski definition) is 3. The Morgan fingerprint density at radius 1 is 1.53 bits per heavy atom. The number of aliphatic carboxylic acids is 1. The van der Waals surface area contributed by atoms with Crippen LogP contribution in [0, 0.1) is 5.92 Å². The summed E-state index contributed by atoms with van der Waals surface area (Å²) in [4.78, 5) is 24.2. The van der Waals surface area contributed by atoms with Gasteiger partial charge in [-0.15, -0.1) is 0 Å². The summed E-state index contributed by atoms with van der Waals surface area (Å²) < 4.78 is 0. The molecule has 17 heavy (non-hydrogen) atoms. The summed E-state index contributed by atoms with van der Waals surface area (Å²) in [6.45, 7) is 4.73. The number of carboxylic acid groups (broad SMARTS) is 1. The number of carbonyl (C=O) groups is 2. The van der Waals surface area contributed by atoms with Crippen molar-refractivity contribution in [3.63, 3.8) is 0 Å². The van der Waals surface area contributed by atoms with E-state index < -0.39 is 24.1 Å². The number of nitrogens with one attached hydrogen (secondary N) is 1. The normalized spacial score (nSPS) is 23.2. The minimum atomic E-state index is -1.25. The summed E-state index contributed by atoms with van der Waals surface area (Å²) in [6, 6.07) is -1.66. The molecule has 0 radical (unpaired) electrons. The van der Waals surface area contributed by atoms with E-state index in [9.17, 15) is 14.7 Å². The van der Waals surface area contributed by atoms with Gasteiger partial charge in [0.05, 0.1) is 6.10 Å². The fourth-order valence-electron chi connectivity index (χ4n) is 1.96. The van der Waals surface area contributed by atoms with Gasteiger partial charge in [0, 0.05) is 13.1 Å². The molecule has 0 aromatic carbocycles. The molecule has 2 amide bonds. The van der Waals surface area contributed by atoms with Gasteiger partial charge in [-0.3, -0.25) is 0 Å². The molecule has 1 unspecified atom stereocenters. The molecule has 6 heteroatoms. The van der Waals surface area contributed by atoms with Gasteiger partial charge in [-0.2, -0.15) is 0 Å². The van der Waals surface area contributed by atoms with Crippen molar-refractivity contribution >= 4 is 12.0 Å². The zero-order valence-electron chi connectivity index (χ0n) is 10.2. The maximum atomic E-state index is 11.8. The molecule has 1 rings (SSSR count). The lowest BCUT2D eigenvalue weighted by Gasteiger charge is -2.22. The number of aliphatic hydroxyl groups is 1. The molecule has 3 atom stereocenters. The summed E-state index contributed by atoms with van der Waals surface area (Å²) in [5.74, 6) is -0.727. The van der Waals surface area contributed by atoms with Crippen LogP contribution in [-0.4, -0.2) is 52.3 Å². The van der Waals surface area contributed by atoms with Crippen molar-refractivity contribution in [3.05, 3.63) is 0 Å². The Balaban J connectivity index is 2.51. The first-order valence-corrected chi connectivity index (χ1v) is 5.92. The molecular formula is C11H20N2O4. The van der Waals surface area contributed by atoms with Crippen molar-refractivity contribution in [1.29, 1.82) is 0 Å². The fraction of sp³-hybridized carbons (Fsp3) is 0.818. The highest BCUT2D eigenvalue weighted by atomic mass is 16.4. The number of carboxylic acids is 1. The third-order valence-electron chi connectivity index (χ3n) is 3.18. The molecule has 0 spiro atoms. The summed E-state index contributed by atoms with van der Waals surface area (Å²) in [7, 11) is 0. The number of urea groups is 1. The second-order valence-corrected chi connectivity index (χ2v) is 4.51. The van der Waals surface area contributed by atoms with Crippen LogP contribution < -0.4 is 5.32 Å². The molecule has 0 aliphatic carbocycles. The van der Waals surface area contributed by atoms with E-state index in [4.69, 9.17) is 5.11 Å². The number of nitrogens with zero attached hydrogens (tertiary/aromatic N) is 1. The molecule has 0 saturated carbocycles. The lowest BCUT2D eigenvalue weighted by Crippen LogP contribution is -2.51. The number of likely N-dealkylation sites (tertiary alicyclic amines) is 1. The highest BCUT2D eigenvalue weighted by Crippen LogP contribution is 2.18. The van der Waals surface area contributed by atoms with Gasteiger partial charge in [0.2, 0.25) is 0 Å². The van der Waals surface area contributed by atoms with Crippen LogP contribution >= 0.6 is 0 Å². The third kappa shape index (κ3) is 3.59. The maximum Gasteiger partial charge on any atom is 0.328 e. The van der Waals surface area contributed by atoms with E-state index in [1.807, 2.05) is 0 Å². The van der Waals surface area contributed by atoms with Gasteiger partial charge in [0.1, 0.15) is 0 Å². The van der Waals surface area contributed by atoms with E-state index in [0.29, 0.717) is 19.0 Å². The lowest BCUT2D eigenvalue weighted by atomic mass is 10.1. The highest BCUT2D eigenvalue weighted by molar-refractivity contribution is 5.83. The van der Waals surface area contributed by atoms with Crippen molar-refractivity contribution in [1.82, 2.24) is 10.2 Å². The van der Waals surface area contributed by atoms with Gasteiger partial charge >= 0.3 is 12.0 Å². The van der Waals surface area contributed by atoms with Crippen molar-refractivity contribution in [2.24, 2.45) is 5.92 Å². The van der Waals surface area contributed by atoms with Crippen LogP contribution in [-0.2, 0) is 4.79 Å². The Bertz CT molecular complexity index is 293. The van der Waals surface area contributed by atoms with Crippen LogP contribution in [0.1, 0.15) is 26.7 Å². The third-order valence-corrected chi connectivity index (χ3v) is 3.18. The van der Waals surface area contributed by atoms with E-state index >= 15 is 0 Å². The van der Waals surface area contributed by atoms with Crippen LogP contribution in [0.15, 0.2) is 0 Å². The fourth-order valence-corrected chi connectivity index (χ4v) is 1.96. The minimum Gasteiger partial charge on any atom is -0.480 e. The highest BCUT2D eigenvalue weighted by Gasteiger charge is 2.30. The van der Waals surface area contributed by atoms with Gasteiger partial charge < -0.3 is 20.4 Å². The van der Waals surface area contributed by atoms with E-state index in [0.717, 1.165) is 12.8 Å². The van der Waals surface area contributed by atoms with Crippen LogP contribution in [0.25, 0.3) is 0 Å². The number of aliphatic hydroxyl groups excluding tert-OH is 1. The quantitative estimate of drug-likeness (QED) is 0.661. The van der Waals surface area contributed by atoms with Crippen LogP contribution in [0.5, 0.6) is 0 Å². The zero-order chi connectivity index (χ0) is 13.0. The number of hydrogen-bond acceptors (Lipinski definition) is 3. The standard InChI is InChI=1S/C11H20N2O4/c1-3-8-4-5-13(6-8)11(17)12-9(7(2)14)10(15)16/h7-9,14H,3-6H2,1-2H3,(H,12,17)(H,15,16)/t7-,8?,9+/m1/s1. The summed E-state index contributed by atoms with van der Waals surface area (Å²) in [5, 5.41) is 20.4.